The molecule has 0 aliphatic carbocycles. The zero-order valence-corrected chi connectivity index (χ0v) is 12.4. The van der Waals surface area contributed by atoms with Gasteiger partial charge in [-0.2, -0.15) is 0 Å². The van der Waals surface area contributed by atoms with Gasteiger partial charge in [0.15, 0.2) is 0 Å². The molecule has 0 heterocycles. The second-order valence-corrected chi connectivity index (χ2v) is 4.52. The van der Waals surface area contributed by atoms with E-state index in [1.807, 2.05) is 39.0 Å². The fourth-order valence-electron chi connectivity index (χ4n) is 1.38. The molecule has 0 aliphatic heterocycles. The Morgan fingerprint density at radius 3 is 1.95 bits per heavy atom. The van der Waals surface area contributed by atoms with E-state index < -0.39 is 11.9 Å². The van der Waals surface area contributed by atoms with Gasteiger partial charge in [-0.15, -0.1) is 0 Å². The van der Waals surface area contributed by atoms with Crippen molar-refractivity contribution in [3.63, 3.8) is 0 Å². The highest BCUT2D eigenvalue weighted by Gasteiger charge is 2.03. The van der Waals surface area contributed by atoms with Gasteiger partial charge in [0.05, 0.1) is 0 Å². The van der Waals surface area contributed by atoms with Crippen molar-refractivity contribution in [2.75, 3.05) is 6.61 Å². The molecule has 0 radical (unpaired) electrons. The number of aliphatic carboxylic acids is 2. The largest absolute Gasteiger partial charge is 0.491 e. The maximum atomic E-state index is 9.55. The van der Waals surface area contributed by atoms with Crippen molar-refractivity contribution in [3.05, 3.63) is 41.5 Å². The van der Waals surface area contributed by atoms with Gasteiger partial charge >= 0.3 is 11.9 Å². The molecular weight excluding hydrogens is 274 g/mol. The standard InChI is InChI=1S/C11H17NO.C4H4O4/c1-8-5-4-6-9(2)11(8)13-7-10(3)12;5-3(6)1-2-4(7)8/h4-6,10H,7,12H2,1-3H3;1-2H,(H,5,6)(H,7,8)/b;2-1-. The molecule has 1 rings (SSSR count). The highest BCUT2D eigenvalue weighted by Crippen LogP contribution is 2.22. The van der Waals surface area contributed by atoms with E-state index in [1.54, 1.807) is 0 Å². The molecule has 1 unspecified atom stereocenters. The molecule has 0 bridgehead atoms. The molecule has 1 aromatic rings. The third-order valence-electron chi connectivity index (χ3n) is 2.27. The molecule has 0 saturated heterocycles. The van der Waals surface area contributed by atoms with Gasteiger partial charge in [-0.05, 0) is 31.9 Å². The third-order valence-corrected chi connectivity index (χ3v) is 2.27. The summed E-state index contributed by atoms with van der Waals surface area (Å²) >= 11 is 0. The minimum atomic E-state index is -1.26. The molecular formula is C15H21NO5. The lowest BCUT2D eigenvalue weighted by molar-refractivity contribution is -0.134. The van der Waals surface area contributed by atoms with Crippen molar-refractivity contribution >= 4 is 11.9 Å². The van der Waals surface area contributed by atoms with Gasteiger partial charge in [0.2, 0.25) is 0 Å². The van der Waals surface area contributed by atoms with Crippen LogP contribution in [0.3, 0.4) is 0 Å². The molecule has 4 N–H and O–H groups in total. The van der Waals surface area contributed by atoms with Gasteiger partial charge in [-0.1, -0.05) is 18.2 Å². The Kier molecular flexibility index (Phi) is 8.48. The normalized spacial score (nSPS) is 11.4. The Labute approximate surface area is 123 Å². The predicted octanol–water partition coefficient (Wildman–Crippen LogP) is 1.74. The Hall–Kier alpha value is -2.34. The molecule has 0 amide bonds. The second-order valence-electron chi connectivity index (χ2n) is 4.52. The summed E-state index contributed by atoms with van der Waals surface area (Å²) in [6.45, 7) is 6.60. The van der Waals surface area contributed by atoms with Crippen LogP contribution in [0.25, 0.3) is 0 Å². The number of carboxylic acids is 2. The van der Waals surface area contributed by atoms with E-state index in [4.69, 9.17) is 20.7 Å². The SMILES string of the molecule is Cc1cccc(C)c1OCC(C)N.O=C(O)/C=C\C(=O)O. The van der Waals surface area contributed by atoms with Gasteiger partial charge in [0.25, 0.3) is 0 Å². The van der Waals surface area contributed by atoms with Crippen molar-refractivity contribution in [2.24, 2.45) is 5.73 Å². The number of carboxylic acid groups (broad SMARTS) is 2. The number of aryl methyl sites for hydroxylation is 2. The number of hydrogen-bond acceptors (Lipinski definition) is 4. The van der Waals surface area contributed by atoms with Crippen molar-refractivity contribution in [2.45, 2.75) is 26.8 Å². The van der Waals surface area contributed by atoms with Crippen LogP contribution >= 0.6 is 0 Å². The number of nitrogens with two attached hydrogens (primary N) is 1. The zero-order chi connectivity index (χ0) is 16.4. The lowest BCUT2D eigenvalue weighted by Gasteiger charge is -2.13. The van der Waals surface area contributed by atoms with E-state index in [0.29, 0.717) is 18.8 Å². The summed E-state index contributed by atoms with van der Waals surface area (Å²) in [6.07, 6.45) is 1.12. The van der Waals surface area contributed by atoms with Crippen LogP contribution in [0.2, 0.25) is 0 Å². The molecule has 0 aromatic heterocycles. The first-order chi connectivity index (χ1) is 9.73. The molecule has 0 saturated carbocycles. The predicted molar refractivity (Wildman–Crippen MR) is 79.5 cm³/mol. The fraction of sp³-hybridized carbons (Fsp3) is 0.333. The van der Waals surface area contributed by atoms with Crippen LogP contribution in [0, 0.1) is 13.8 Å². The topological polar surface area (TPSA) is 110 Å². The van der Waals surface area contributed by atoms with Gasteiger partial charge in [-0.3, -0.25) is 0 Å². The third kappa shape index (κ3) is 9.23. The molecule has 0 spiro atoms. The second kappa shape index (κ2) is 9.55. The van der Waals surface area contributed by atoms with Crippen LogP contribution in [0.5, 0.6) is 5.75 Å². The van der Waals surface area contributed by atoms with Gasteiger partial charge < -0.3 is 20.7 Å². The summed E-state index contributed by atoms with van der Waals surface area (Å²) in [5.74, 6) is -1.54. The number of benzene rings is 1. The number of para-hydroxylation sites is 1. The highest BCUT2D eigenvalue weighted by molar-refractivity contribution is 5.89. The molecule has 6 heteroatoms. The molecule has 0 aliphatic rings. The van der Waals surface area contributed by atoms with Crippen molar-refractivity contribution in [3.8, 4) is 5.75 Å². The van der Waals surface area contributed by atoms with E-state index in [1.165, 1.54) is 11.1 Å². The average molecular weight is 295 g/mol. The molecule has 0 fully saturated rings. The van der Waals surface area contributed by atoms with Crippen LogP contribution in [0.4, 0.5) is 0 Å². The Morgan fingerprint density at radius 1 is 1.19 bits per heavy atom. The van der Waals surface area contributed by atoms with E-state index in [0.717, 1.165) is 5.75 Å². The van der Waals surface area contributed by atoms with Crippen molar-refractivity contribution in [1.82, 2.24) is 0 Å². The number of carbonyl (C=O) groups is 2. The zero-order valence-electron chi connectivity index (χ0n) is 12.4. The summed E-state index contributed by atoms with van der Waals surface area (Å²) in [6, 6.07) is 6.20. The smallest absolute Gasteiger partial charge is 0.328 e. The highest BCUT2D eigenvalue weighted by atomic mass is 16.5. The maximum absolute atomic E-state index is 9.55. The van der Waals surface area contributed by atoms with Gasteiger partial charge in [0.1, 0.15) is 12.4 Å². The Bertz CT molecular complexity index is 473. The molecule has 116 valence electrons. The summed E-state index contributed by atoms with van der Waals surface area (Å²) in [7, 11) is 0. The summed E-state index contributed by atoms with van der Waals surface area (Å²) in [4.78, 5) is 19.1. The quantitative estimate of drug-likeness (QED) is 0.714. The van der Waals surface area contributed by atoms with Crippen LogP contribution in [0.15, 0.2) is 30.4 Å². The fourth-order valence-corrected chi connectivity index (χ4v) is 1.38. The van der Waals surface area contributed by atoms with Crippen LogP contribution in [-0.4, -0.2) is 34.8 Å². The average Bonchev–Trinajstić information content (AvgIpc) is 2.36. The van der Waals surface area contributed by atoms with Gasteiger partial charge in [-0.25, -0.2) is 9.59 Å². The van der Waals surface area contributed by atoms with E-state index in [9.17, 15) is 9.59 Å². The summed E-state index contributed by atoms with van der Waals surface area (Å²) < 4.78 is 5.60. The van der Waals surface area contributed by atoms with Crippen LogP contribution in [-0.2, 0) is 9.59 Å². The Morgan fingerprint density at radius 2 is 1.62 bits per heavy atom. The first-order valence-corrected chi connectivity index (χ1v) is 6.32. The van der Waals surface area contributed by atoms with E-state index in [2.05, 4.69) is 0 Å². The van der Waals surface area contributed by atoms with E-state index >= 15 is 0 Å². The van der Waals surface area contributed by atoms with E-state index in [-0.39, 0.29) is 6.04 Å². The number of ether oxygens (including phenoxy) is 1. The lowest BCUT2D eigenvalue weighted by Crippen LogP contribution is -2.24. The van der Waals surface area contributed by atoms with Crippen LogP contribution < -0.4 is 10.5 Å². The monoisotopic (exact) mass is 295 g/mol. The van der Waals surface area contributed by atoms with Crippen LogP contribution in [0.1, 0.15) is 18.1 Å². The number of rotatable bonds is 5. The lowest BCUT2D eigenvalue weighted by atomic mass is 10.1. The van der Waals surface area contributed by atoms with Crippen molar-refractivity contribution in [1.29, 1.82) is 0 Å². The molecule has 1 aromatic carbocycles. The first kappa shape index (κ1) is 18.7. The molecule has 1 atom stereocenters. The van der Waals surface area contributed by atoms with Crippen molar-refractivity contribution < 1.29 is 24.5 Å². The summed E-state index contributed by atoms with van der Waals surface area (Å²) in [5, 5.41) is 15.6. The minimum Gasteiger partial charge on any atom is -0.491 e. The molecule has 6 nitrogen and oxygen atoms in total. The summed E-state index contributed by atoms with van der Waals surface area (Å²) in [5.41, 5.74) is 7.95. The minimum absolute atomic E-state index is 0.0824. The molecule has 21 heavy (non-hydrogen) atoms. The first-order valence-electron chi connectivity index (χ1n) is 6.32. The Balaban J connectivity index is 0.000000433. The maximum Gasteiger partial charge on any atom is 0.328 e. The number of hydrogen-bond donors (Lipinski definition) is 3. The van der Waals surface area contributed by atoms with Gasteiger partial charge in [0, 0.05) is 18.2 Å².